The lowest BCUT2D eigenvalue weighted by Gasteiger charge is -2.19. The van der Waals surface area contributed by atoms with Crippen LogP contribution in [0.25, 0.3) is 5.57 Å². The fourth-order valence-corrected chi connectivity index (χ4v) is 3.89. The average molecular weight is 445 g/mol. The Balaban J connectivity index is 1.79. The number of nitrogens with one attached hydrogen (secondary N) is 1. The fraction of sp³-hybridized carbons (Fsp3) is 0.185. The van der Waals surface area contributed by atoms with Gasteiger partial charge >= 0.3 is 0 Å². The third kappa shape index (κ3) is 4.06. The number of benzene rings is 3. The van der Waals surface area contributed by atoms with Gasteiger partial charge in [-0.2, -0.15) is 0 Å². The van der Waals surface area contributed by atoms with Crippen LogP contribution >= 0.6 is 11.6 Å². The van der Waals surface area contributed by atoms with Gasteiger partial charge in [-0.15, -0.1) is 0 Å². The molecule has 3 aromatic rings. The van der Waals surface area contributed by atoms with Gasteiger partial charge in [0.1, 0.15) is 5.70 Å². The van der Waals surface area contributed by atoms with Crippen LogP contribution in [-0.4, -0.2) is 11.8 Å². The number of imide groups is 1. The molecule has 4 nitrogen and oxygen atoms in total. The SMILES string of the molecule is Cc1ccccc1N1C(=O)C(Nc2ccc(C(C)(C)C)cc2)=C(c2ccc(Cl)cc2)C1=O. The second kappa shape index (κ2) is 8.29. The normalized spacial score (nSPS) is 14.3. The number of carbonyl (C=O) groups excluding carboxylic acids is 2. The monoisotopic (exact) mass is 444 g/mol. The maximum Gasteiger partial charge on any atom is 0.282 e. The molecule has 0 fully saturated rings. The lowest BCUT2D eigenvalue weighted by Crippen LogP contribution is -2.33. The Kier molecular flexibility index (Phi) is 5.66. The minimum Gasteiger partial charge on any atom is -0.350 e. The van der Waals surface area contributed by atoms with Crippen LogP contribution in [0.1, 0.15) is 37.5 Å². The van der Waals surface area contributed by atoms with Gasteiger partial charge in [-0.05, 0) is 59.4 Å². The van der Waals surface area contributed by atoms with Gasteiger partial charge in [0.25, 0.3) is 11.8 Å². The number of nitrogens with zero attached hydrogens (tertiary/aromatic N) is 1. The van der Waals surface area contributed by atoms with Gasteiger partial charge in [0, 0.05) is 10.7 Å². The smallest absolute Gasteiger partial charge is 0.282 e. The first-order valence-electron chi connectivity index (χ1n) is 10.5. The van der Waals surface area contributed by atoms with E-state index in [2.05, 4.69) is 26.1 Å². The number of carbonyl (C=O) groups is 2. The molecule has 0 saturated heterocycles. The van der Waals surface area contributed by atoms with Crippen LogP contribution in [0.4, 0.5) is 11.4 Å². The van der Waals surface area contributed by atoms with E-state index in [1.807, 2.05) is 49.4 Å². The molecular weight excluding hydrogens is 420 g/mol. The van der Waals surface area contributed by atoms with Gasteiger partial charge in [-0.3, -0.25) is 9.59 Å². The second-order valence-corrected chi connectivity index (χ2v) is 9.38. The van der Waals surface area contributed by atoms with Gasteiger partial charge in [-0.25, -0.2) is 4.90 Å². The Hall–Kier alpha value is -3.37. The summed E-state index contributed by atoms with van der Waals surface area (Å²) in [5, 5.41) is 3.78. The summed E-state index contributed by atoms with van der Waals surface area (Å²) >= 11 is 6.05. The molecule has 2 amide bonds. The van der Waals surface area contributed by atoms with Crippen molar-refractivity contribution in [2.24, 2.45) is 0 Å². The predicted molar refractivity (Wildman–Crippen MR) is 131 cm³/mol. The summed E-state index contributed by atoms with van der Waals surface area (Å²) in [5.74, 6) is -0.741. The number of halogens is 1. The number of anilines is 2. The molecule has 0 bridgehead atoms. The van der Waals surface area contributed by atoms with Crippen molar-refractivity contribution < 1.29 is 9.59 Å². The Labute approximate surface area is 193 Å². The Morgan fingerprint density at radius 3 is 2.03 bits per heavy atom. The van der Waals surface area contributed by atoms with E-state index in [4.69, 9.17) is 11.6 Å². The molecule has 1 heterocycles. The summed E-state index contributed by atoms with van der Waals surface area (Å²) in [5.41, 5.74) is 4.59. The largest absolute Gasteiger partial charge is 0.350 e. The van der Waals surface area contributed by atoms with E-state index in [9.17, 15) is 9.59 Å². The summed E-state index contributed by atoms with van der Waals surface area (Å²) in [6, 6.07) is 22.2. The van der Waals surface area contributed by atoms with E-state index >= 15 is 0 Å². The molecular formula is C27H25ClN2O2. The highest BCUT2D eigenvalue weighted by Crippen LogP contribution is 2.35. The number of hydrogen-bond acceptors (Lipinski definition) is 3. The average Bonchev–Trinajstić information content (AvgIpc) is 2.99. The first kappa shape index (κ1) is 21.8. The van der Waals surface area contributed by atoms with Crippen LogP contribution in [0.5, 0.6) is 0 Å². The highest BCUT2D eigenvalue weighted by atomic mass is 35.5. The zero-order chi connectivity index (χ0) is 23.0. The van der Waals surface area contributed by atoms with Crippen molar-refractivity contribution in [3.63, 3.8) is 0 Å². The van der Waals surface area contributed by atoms with Gasteiger partial charge in [0.2, 0.25) is 0 Å². The van der Waals surface area contributed by atoms with Gasteiger partial charge in [0.05, 0.1) is 11.3 Å². The van der Waals surface area contributed by atoms with E-state index in [0.717, 1.165) is 11.3 Å². The molecule has 0 atom stereocenters. The minimum absolute atomic E-state index is 0.0209. The van der Waals surface area contributed by atoms with Crippen LogP contribution in [0.15, 0.2) is 78.5 Å². The molecule has 0 saturated carbocycles. The molecule has 3 aromatic carbocycles. The molecule has 162 valence electrons. The first-order valence-corrected chi connectivity index (χ1v) is 10.9. The van der Waals surface area contributed by atoms with Crippen molar-refractivity contribution in [2.75, 3.05) is 10.2 Å². The molecule has 1 aliphatic rings. The van der Waals surface area contributed by atoms with Gasteiger partial charge < -0.3 is 5.32 Å². The Morgan fingerprint density at radius 2 is 1.44 bits per heavy atom. The molecule has 0 radical (unpaired) electrons. The molecule has 0 spiro atoms. The van der Waals surface area contributed by atoms with Crippen molar-refractivity contribution >= 4 is 40.4 Å². The van der Waals surface area contributed by atoms with E-state index < -0.39 is 0 Å². The Morgan fingerprint density at radius 1 is 0.812 bits per heavy atom. The second-order valence-electron chi connectivity index (χ2n) is 8.94. The molecule has 0 aliphatic carbocycles. The van der Waals surface area contributed by atoms with Crippen LogP contribution < -0.4 is 10.2 Å². The summed E-state index contributed by atoms with van der Waals surface area (Å²) < 4.78 is 0. The lowest BCUT2D eigenvalue weighted by molar-refractivity contribution is -0.120. The predicted octanol–water partition coefficient (Wildman–Crippen LogP) is 6.34. The van der Waals surface area contributed by atoms with Crippen LogP contribution in [0.3, 0.4) is 0 Å². The van der Waals surface area contributed by atoms with Crippen molar-refractivity contribution in [3.05, 3.63) is 100 Å². The summed E-state index contributed by atoms with van der Waals surface area (Å²) in [4.78, 5) is 28.3. The van der Waals surface area contributed by atoms with Crippen molar-refractivity contribution in [1.29, 1.82) is 0 Å². The minimum atomic E-state index is -0.380. The topological polar surface area (TPSA) is 49.4 Å². The number of rotatable bonds is 4. The highest BCUT2D eigenvalue weighted by molar-refractivity contribution is 6.46. The van der Waals surface area contributed by atoms with Crippen LogP contribution in [-0.2, 0) is 15.0 Å². The molecule has 4 rings (SSSR count). The molecule has 1 aliphatic heterocycles. The van der Waals surface area contributed by atoms with E-state index in [0.29, 0.717) is 21.8 Å². The Bertz CT molecular complexity index is 1220. The molecule has 0 unspecified atom stereocenters. The number of para-hydroxylation sites is 1. The number of aryl methyl sites for hydroxylation is 1. The molecule has 0 aromatic heterocycles. The van der Waals surface area contributed by atoms with Crippen molar-refractivity contribution in [2.45, 2.75) is 33.1 Å². The maximum atomic E-state index is 13.5. The van der Waals surface area contributed by atoms with E-state index in [1.54, 1.807) is 30.3 Å². The standard InChI is InChI=1S/C27H25ClN2O2/c1-17-7-5-6-8-22(17)30-25(31)23(18-9-13-20(28)14-10-18)24(26(30)32)29-21-15-11-19(12-16-21)27(2,3)4/h5-16,29H,1-4H3. The molecule has 32 heavy (non-hydrogen) atoms. The summed E-state index contributed by atoms with van der Waals surface area (Å²) in [6.45, 7) is 8.33. The van der Waals surface area contributed by atoms with Crippen molar-refractivity contribution in [3.8, 4) is 0 Å². The quantitative estimate of drug-likeness (QED) is 0.477. The zero-order valence-electron chi connectivity index (χ0n) is 18.6. The number of amides is 2. The van der Waals surface area contributed by atoms with Gasteiger partial charge in [0.15, 0.2) is 0 Å². The maximum absolute atomic E-state index is 13.5. The first-order chi connectivity index (χ1) is 15.2. The fourth-order valence-electron chi connectivity index (χ4n) is 3.76. The molecule has 1 N–H and O–H groups in total. The lowest BCUT2D eigenvalue weighted by atomic mass is 9.87. The van der Waals surface area contributed by atoms with E-state index in [1.165, 1.54) is 10.5 Å². The molecule has 5 heteroatoms. The third-order valence-corrected chi connectivity index (χ3v) is 5.85. The summed E-state index contributed by atoms with van der Waals surface area (Å²) in [7, 11) is 0. The van der Waals surface area contributed by atoms with Crippen molar-refractivity contribution in [1.82, 2.24) is 0 Å². The van der Waals surface area contributed by atoms with Crippen LogP contribution in [0.2, 0.25) is 5.02 Å². The third-order valence-electron chi connectivity index (χ3n) is 5.59. The number of hydrogen-bond donors (Lipinski definition) is 1. The van der Waals surface area contributed by atoms with Crippen LogP contribution in [0, 0.1) is 6.92 Å². The zero-order valence-corrected chi connectivity index (χ0v) is 19.3. The van der Waals surface area contributed by atoms with E-state index in [-0.39, 0.29) is 22.9 Å². The summed E-state index contributed by atoms with van der Waals surface area (Å²) in [6.07, 6.45) is 0. The van der Waals surface area contributed by atoms with Gasteiger partial charge in [-0.1, -0.05) is 74.8 Å². The highest BCUT2D eigenvalue weighted by Gasteiger charge is 2.40.